The topological polar surface area (TPSA) is 59.0 Å². The fourth-order valence-corrected chi connectivity index (χ4v) is 3.24. The Kier molecular flexibility index (Phi) is 5.94. The minimum Gasteiger partial charge on any atom is -0.493 e. The summed E-state index contributed by atoms with van der Waals surface area (Å²) in [6, 6.07) is 10.1. The van der Waals surface area contributed by atoms with Crippen LogP contribution in [-0.4, -0.2) is 50.2 Å². The van der Waals surface area contributed by atoms with Gasteiger partial charge in [-0.25, -0.2) is 0 Å². The number of nitrogens with one attached hydrogen (secondary N) is 1. The van der Waals surface area contributed by atoms with Gasteiger partial charge in [-0.15, -0.1) is 0 Å². The first-order valence-corrected chi connectivity index (χ1v) is 8.84. The molecule has 1 aromatic carbocycles. The zero-order valence-corrected chi connectivity index (χ0v) is 15.7. The molecule has 1 N–H and O–H groups in total. The van der Waals surface area contributed by atoms with Gasteiger partial charge in [0.25, 0.3) is 0 Å². The SMILES string of the molecule is CN=C(NCCc1ccccn1)N1CCc2cc(OC)c(OC)cc2C1. The lowest BCUT2D eigenvalue weighted by atomic mass is 9.99. The zero-order valence-electron chi connectivity index (χ0n) is 15.7. The molecule has 26 heavy (non-hydrogen) atoms. The van der Waals surface area contributed by atoms with E-state index in [0.717, 1.165) is 55.6 Å². The first-order valence-electron chi connectivity index (χ1n) is 8.84. The van der Waals surface area contributed by atoms with Crippen LogP contribution >= 0.6 is 0 Å². The normalized spacial score (nSPS) is 14.0. The number of benzene rings is 1. The van der Waals surface area contributed by atoms with E-state index in [1.807, 2.05) is 31.4 Å². The Morgan fingerprint density at radius 2 is 1.96 bits per heavy atom. The van der Waals surface area contributed by atoms with Gasteiger partial charge in [0.1, 0.15) is 0 Å². The van der Waals surface area contributed by atoms with Crippen molar-refractivity contribution in [3.8, 4) is 11.5 Å². The van der Waals surface area contributed by atoms with Crippen molar-refractivity contribution < 1.29 is 9.47 Å². The van der Waals surface area contributed by atoms with Crippen molar-refractivity contribution in [2.75, 3.05) is 34.4 Å². The number of fused-ring (bicyclic) bond motifs is 1. The van der Waals surface area contributed by atoms with Crippen molar-refractivity contribution in [3.63, 3.8) is 0 Å². The Morgan fingerprint density at radius 3 is 2.62 bits per heavy atom. The lowest BCUT2D eigenvalue weighted by Gasteiger charge is -2.32. The number of rotatable bonds is 5. The smallest absolute Gasteiger partial charge is 0.193 e. The number of aliphatic imine (C=N–C) groups is 1. The highest BCUT2D eigenvalue weighted by Crippen LogP contribution is 2.33. The largest absolute Gasteiger partial charge is 0.493 e. The molecule has 138 valence electrons. The minimum absolute atomic E-state index is 0.770. The van der Waals surface area contributed by atoms with Crippen LogP contribution in [0.3, 0.4) is 0 Å². The molecule has 3 rings (SSSR count). The number of aromatic nitrogens is 1. The highest BCUT2D eigenvalue weighted by Gasteiger charge is 2.21. The summed E-state index contributed by atoms with van der Waals surface area (Å²) in [5.74, 6) is 2.48. The van der Waals surface area contributed by atoms with E-state index in [0.29, 0.717) is 0 Å². The summed E-state index contributed by atoms with van der Waals surface area (Å²) >= 11 is 0. The Balaban J connectivity index is 1.64. The molecule has 0 bridgehead atoms. The predicted molar refractivity (Wildman–Crippen MR) is 103 cm³/mol. The van der Waals surface area contributed by atoms with Crippen LogP contribution in [-0.2, 0) is 19.4 Å². The number of methoxy groups -OCH3 is 2. The molecular weight excluding hydrogens is 328 g/mol. The maximum absolute atomic E-state index is 5.44. The molecule has 1 aliphatic rings. The second-order valence-electron chi connectivity index (χ2n) is 6.19. The predicted octanol–water partition coefficient (Wildman–Crippen LogP) is 2.27. The molecule has 2 heterocycles. The first kappa shape index (κ1) is 18.0. The highest BCUT2D eigenvalue weighted by molar-refractivity contribution is 5.80. The van der Waals surface area contributed by atoms with Crippen molar-refractivity contribution >= 4 is 5.96 Å². The van der Waals surface area contributed by atoms with Crippen LogP contribution in [0, 0.1) is 0 Å². The van der Waals surface area contributed by atoms with E-state index in [1.54, 1.807) is 14.2 Å². The van der Waals surface area contributed by atoms with Gasteiger partial charge in [-0.1, -0.05) is 6.07 Å². The molecule has 0 radical (unpaired) electrons. The molecular formula is C20H26N4O2. The number of ether oxygens (including phenoxy) is 2. The average molecular weight is 354 g/mol. The number of hydrogen-bond acceptors (Lipinski definition) is 4. The van der Waals surface area contributed by atoms with Crippen molar-refractivity contribution in [2.45, 2.75) is 19.4 Å². The van der Waals surface area contributed by atoms with Gasteiger partial charge in [-0.3, -0.25) is 9.98 Å². The van der Waals surface area contributed by atoms with Gasteiger partial charge in [-0.05, 0) is 41.8 Å². The van der Waals surface area contributed by atoms with E-state index in [9.17, 15) is 0 Å². The Bertz CT molecular complexity index is 762. The third-order valence-corrected chi connectivity index (χ3v) is 4.62. The lowest BCUT2D eigenvalue weighted by Crippen LogP contribution is -2.44. The van der Waals surface area contributed by atoms with Crippen molar-refractivity contribution in [2.24, 2.45) is 4.99 Å². The first-order chi connectivity index (χ1) is 12.7. The van der Waals surface area contributed by atoms with Gasteiger partial charge in [-0.2, -0.15) is 0 Å². The van der Waals surface area contributed by atoms with Crippen molar-refractivity contribution in [1.82, 2.24) is 15.2 Å². The summed E-state index contributed by atoms with van der Waals surface area (Å²) in [6.07, 6.45) is 3.65. The number of nitrogens with zero attached hydrogens (tertiary/aromatic N) is 3. The summed E-state index contributed by atoms with van der Waals surface area (Å²) in [4.78, 5) is 11.1. The molecule has 0 fully saturated rings. The van der Waals surface area contributed by atoms with Gasteiger partial charge in [0, 0.05) is 45.0 Å². The van der Waals surface area contributed by atoms with Crippen LogP contribution in [0.25, 0.3) is 0 Å². The van der Waals surface area contributed by atoms with Crippen LogP contribution in [0.15, 0.2) is 41.5 Å². The van der Waals surface area contributed by atoms with Crippen molar-refractivity contribution in [1.29, 1.82) is 0 Å². The summed E-state index contributed by atoms with van der Waals surface area (Å²) in [7, 11) is 5.17. The summed E-state index contributed by atoms with van der Waals surface area (Å²) in [5.41, 5.74) is 3.64. The molecule has 0 saturated heterocycles. The zero-order chi connectivity index (χ0) is 18.4. The molecule has 0 amide bonds. The third-order valence-electron chi connectivity index (χ3n) is 4.62. The highest BCUT2D eigenvalue weighted by atomic mass is 16.5. The molecule has 1 aromatic heterocycles. The van der Waals surface area contributed by atoms with E-state index < -0.39 is 0 Å². The molecule has 6 nitrogen and oxygen atoms in total. The van der Waals surface area contributed by atoms with Crippen LogP contribution in [0.5, 0.6) is 11.5 Å². The van der Waals surface area contributed by atoms with Crippen molar-refractivity contribution in [3.05, 3.63) is 53.3 Å². The van der Waals surface area contributed by atoms with E-state index in [2.05, 4.69) is 32.3 Å². The number of hydrogen-bond donors (Lipinski definition) is 1. The quantitative estimate of drug-likeness (QED) is 0.659. The van der Waals surface area contributed by atoms with Crippen LogP contribution in [0.1, 0.15) is 16.8 Å². The van der Waals surface area contributed by atoms with Gasteiger partial charge in [0.2, 0.25) is 0 Å². The van der Waals surface area contributed by atoms with E-state index in [4.69, 9.17) is 9.47 Å². The molecule has 0 saturated carbocycles. The maximum atomic E-state index is 5.44. The molecule has 6 heteroatoms. The van der Waals surface area contributed by atoms with E-state index in [1.165, 1.54) is 11.1 Å². The van der Waals surface area contributed by atoms with Gasteiger partial charge < -0.3 is 19.7 Å². The fraction of sp³-hybridized carbons (Fsp3) is 0.400. The fourth-order valence-electron chi connectivity index (χ4n) is 3.24. The second kappa shape index (κ2) is 8.56. The average Bonchev–Trinajstić information content (AvgIpc) is 2.70. The monoisotopic (exact) mass is 354 g/mol. The molecule has 1 aliphatic heterocycles. The lowest BCUT2D eigenvalue weighted by molar-refractivity contribution is 0.346. The van der Waals surface area contributed by atoms with Gasteiger partial charge in [0.05, 0.1) is 14.2 Å². The molecule has 0 atom stereocenters. The van der Waals surface area contributed by atoms with Crippen LogP contribution in [0.4, 0.5) is 0 Å². The van der Waals surface area contributed by atoms with Crippen LogP contribution in [0.2, 0.25) is 0 Å². The summed E-state index contributed by atoms with van der Waals surface area (Å²) in [5, 5.41) is 3.45. The molecule has 2 aromatic rings. The number of pyridine rings is 1. The Morgan fingerprint density at radius 1 is 1.19 bits per heavy atom. The Hall–Kier alpha value is -2.76. The van der Waals surface area contributed by atoms with Gasteiger partial charge in [0.15, 0.2) is 17.5 Å². The minimum atomic E-state index is 0.770. The van der Waals surface area contributed by atoms with E-state index >= 15 is 0 Å². The molecule has 0 spiro atoms. The molecule has 0 aliphatic carbocycles. The number of guanidine groups is 1. The maximum Gasteiger partial charge on any atom is 0.193 e. The second-order valence-corrected chi connectivity index (χ2v) is 6.19. The van der Waals surface area contributed by atoms with E-state index in [-0.39, 0.29) is 0 Å². The summed E-state index contributed by atoms with van der Waals surface area (Å²) in [6.45, 7) is 2.53. The summed E-state index contributed by atoms with van der Waals surface area (Å²) < 4.78 is 10.9. The molecule has 0 unspecified atom stereocenters. The standard InChI is InChI=1S/C20H26N4O2/c1-21-20(23-10-7-17-6-4-5-9-22-17)24-11-8-15-12-18(25-2)19(26-3)13-16(15)14-24/h4-6,9,12-13H,7-8,10-11,14H2,1-3H3,(H,21,23). The third kappa shape index (κ3) is 4.07. The van der Waals surface area contributed by atoms with Crippen LogP contribution < -0.4 is 14.8 Å². The Labute approximate surface area is 154 Å². The van der Waals surface area contributed by atoms with Gasteiger partial charge >= 0.3 is 0 Å².